The maximum Gasteiger partial charge on any atom is 0.269 e. The molecule has 0 heterocycles. The fraction of sp³-hybridized carbons (Fsp3) is 0.0625. The van der Waals surface area contributed by atoms with Gasteiger partial charge in [-0.25, -0.2) is 0 Å². The van der Waals surface area contributed by atoms with Crippen LogP contribution in [0.1, 0.15) is 5.56 Å². The molecule has 0 bridgehead atoms. The van der Waals surface area contributed by atoms with Crippen LogP contribution in [0.2, 0.25) is 0 Å². The number of hydrogen-bond acceptors (Lipinski definition) is 5. The minimum absolute atomic E-state index is 0.0403. The third kappa shape index (κ3) is 4.93. The third-order valence-electron chi connectivity index (χ3n) is 2.80. The SMILES string of the molecule is C=CCOc1ccc(/C=N\Nc2ccc([N+](=O)[O-])cc2)cc1Br. The molecule has 1 N–H and O–H groups in total. The van der Waals surface area contributed by atoms with E-state index in [1.807, 2.05) is 18.2 Å². The number of nitro benzene ring substituents is 1. The predicted molar refractivity (Wildman–Crippen MR) is 94.1 cm³/mol. The molecule has 0 aliphatic rings. The van der Waals surface area contributed by atoms with Gasteiger partial charge in [-0.15, -0.1) is 0 Å². The van der Waals surface area contributed by atoms with Crippen molar-refractivity contribution < 1.29 is 9.66 Å². The molecule has 0 amide bonds. The summed E-state index contributed by atoms with van der Waals surface area (Å²) in [6.45, 7) is 4.04. The standard InChI is InChI=1S/C16H14BrN3O3/c1-2-9-23-16-8-3-12(10-15(16)17)11-18-19-13-4-6-14(7-5-13)20(21)22/h2-8,10-11,19H,1,9H2/b18-11-. The van der Waals surface area contributed by atoms with Gasteiger partial charge >= 0.3 is 0 Å². The first-order valence-corrected chi connectivity index (χ1v) is 7.46. The maximum atomic E-state index is 10.6. The summed E-state index contributed by atoms with van der Waals surface area (Å²) in [4.78, 5) is 10.1. The normalized spacial score (nSPS) is 10.5. The molecule has 0 aliphatic carbocycles. The number of benzene rings is 2. The lowest BCUT2D eigenvalue weighted by molar-refractivity contribution is -0.384. The van der Waals surface area contributed by atoms with Crippen LogP contribution >= 0.6 is 15.9 Å². The van der Waals surface area contributed by atoms with Crippen molar-refractivity contribution in [2.75, 3.05) is 12.0 Å². The van der Waals surface area contributed by atoms with E-state index in [9.17, 15) is 10.1 Å². The molecule has 0 radical (unpaired) electrons. The van der Waals surface area contributed by atoms with E-state index in [2.05, 4.69) is 33.0 Å². The molecule has 6 nitrogen and oxygen atoms in total. The molecule has 0 saturated carbocycles. The molecule has 2 aromatic rings. The summed E-state index contributed by atoms with van der Waals surface area (Å²) in [5, 5.41) is 14.7. The number of ether oxygens (including phenoxy) is 1. The highest BCUT2D eigenvalue weighted by atomic mass is 79.9. The van der Waals surface area contributed by atoms with Gasteiger partial charge in [-0.3, -0.25) is 15.5 Å². The summed E-state index contributed by atoms with van der Waals surface area (Å²) < 4.78 is 6.28. The number of anilines is 1. The highest BCUT2D eigenvalue weighted by molar-refractivity contribution is 9.10. The Bertz CT molecular complexity index is 730. The van der Waals surface area contributed by atoms with Gasteiger partial charge < -0.3 is 4.74 Å². The van der Waals surface area contributed by atoms with Crippen LogP contribution in [0.15, 0.2) is 64.7 Å². The smallest absolute Gasteiger partial charge is 0.269 e. The van der Waals surface area contributed by atoms with Gasteiger partial charge in [0.25, 0.3) is 5.69 Å². The number of nitrogens with zero attached hydrogens (tertiary/aromatic N) is 2. The van der Waals surface area contributed by atoms with Crippen molar-refractivity contribution in [2.24, 2.45) is 5.10 Å². The van der Waals surface area contributed by atoms with E-state index in [0.717, 1.165) is 15.8 Å². The molecule has 118 valence electrons. The van der Waals surface area contributed by atoms with Crippen LogP contribution in [0.3, 0.4) is 0 Å². The van der Waals surface area contributed by atoms with E-state index in [1.165, 1.54) is 12.1 Å². The number of nitro groups is 1. The third-order valence-corrected chi connectivity index (χ3v) is 3.42. The van der Waals surface area contributed by atoms with Gasteiger partial charge in [-0.1, -0.05) is 12.7 Å². The molecular weight excluding hydrogens is 362 g/mol. The lowest BCUT2D eigenvalue weighted by Gasteiger charge is -2.06. The maximum absolute atomic E-state index is 10.6. The molecular formula is C16H14BrN3O3. The van der Waals surface area contributed by atoms with E-state index in [-0.39, 0.29) is 5.69 Å². The van der Waals surface area contributed by atoms with Crippen molar-refractivity contribution in [1.82, 2.24) is 0 Å². The second kappa shape index (κ2) is 8.09. The van der Waals surface area contributed by atoms with Gasteiger partial charge in [0.1, 0.15) is 12.4 Å². The molecule has 2 rings (SSSR count). The molecule has 7 heteroatoms. The fourth-order valence-corrected chi connectivity index (χ4v) is 2.21. The highest BCUT2D eigenvalue weighted by Crippen LogP contribution is 2.25. The molecule has 0 aliphatic heterocycles. The van der Waals surface area contributed by atoms with Crippen molar-refractivity contribution in [3.63, 3.8) is 0 Å². The van der Waals surface area contributed by atoms with Crippen LogP contribution in [0, 0.1) is 10.1 Å². The van der Waals surface area contributed by atoms with Crippen LogP contribution in [-0.2, 0) is 0 Å². The number of halogens is 1. The van der Waals surface area contributed by atoms with E-state index < -0.39 is 4.92 Å². The minimum atomic E-state index is -0.444. The summed E-state index contributed by atoms with van der Waals surface area (Å²) in [6, 6.07) is 11.6. The number of non-ortho nitro benzene ring substituents is 1. The topological polar surface area (TPSA) is 76.8 Å². The van der Waals surface area contributed by atoms with Crippen molar-refractivity contribution in [3.05, 3.63) is 75.3 Å². The van der Waals surface area contributed by atoms with Crippen LogP contribution in [0.5, 0.6) is 5.75 Å². The average Bonchev–Trinajstić information content (AvgIpc) is 2.54. The van der Waals surface area contributed by atoms with Crippen LogP contribution in [-0.4, -0.2) is 17.7 Å². The zero-order valence-electron chi connectivity index (χ0n) is 12.1. The Kier molecular flexibility index (Phi) is 5.87. The zero-order chi connectivity index (χ0) is 16.7. The first-order valence-electron chi connectivity index (χ1n) is 6.67. The molecule has 23 heavy (non-hydrogen) atoms. The van der Waals surface area contributed by atoms with Crippen molar-refractivity contribution >= 4 is 33.5 Å². The average molecular weight is 376 g/mol. The van der Waals surface area contributed by atoms with E-state index >= 15 is 0 Å². The second-order valence-corrected chi connectivity index (χ2v) is 5.32. The van der Waals surface area contributed by atoms with Gasteiger partial charge in [0.15, 0.2) is 0 Å². The van der Waals surface area contributed by atoms with Gasteiger partial charge in [0, 0.05) is 12.1 Å². The molecule has 2 aromatic carbocycles. The number of nitrogens with one attached hydrogen (secondary N) is 1. The van der Waals surface area contributed by atoms with Gasteiger partial charge in [-0.2, -0.15) is 5.10 Å². The summed E-state index contributed by atoms with van der Waals surface area (Å²) >= 11 is 3.43. The van der Waals surface area contributed by atoms with Gasteiger partial charge in [0.2, 0.25) is 0 Å². The first-order chi connectivity index (χ1) is 11.1. The number of hydrazone groups is 1. The summed E-state index contributed by atoms with van der Waals surface area (Å²) in [6.07, 6.45) is 3.32. The molecule has 0 aromatic heterocycles. The van der Waals surface area contributed by atoms with Crippen molar-refractivity contribution in [3.8, 4) is 5.75 Å². The zero-order valence-corrected chi connectivity index (χ0v) is 13.7. The Morgan fingerprint density at radius 2 is 2.04 bits per heavy atom. The quantitative estimate of drug-likeness (QED) is 0.337. The Balaban J connectivity index is 1.98. The van der Waals surface area contributed by atoms with Crippen molar-refractivity contribution in [1.29, 1.82) is 0 Å². The van der Waals surface area contributed by atoms with E-state index in [0.29, 0.717) is 12.3 Å². The summed E-state index contributed by atoms with van der Waals surface area (Å²) in [7, 11) is 0. The van der Waals surface area contributed by atoms with Gasteiger partial charge in [-0.05, 0) is 51.8 Å². The van der Waals surface area contributed by atoms with E-state index in [1.54, 1.807) is 24.4 Å². The fourth-order valence-electron chi connectivity index (χ4n) is 1.70. The first kappa shape index (κ1) is 16.7. The Labute approximate surface area is 141 Å². The molecule has 0 atom stereocenters. The lowest BCUT2D eigenvalue weighted by atomic mass is 10.2. The number of rotatable bonds is 7. The molecule has 0 saturated heterocycles. The van der Waals surface area contributed by atoms with Crippen molar-refractivity contribution in [2.45, 2.75) is 0 Å². The Morgan fingerprint density at radius 1 is 1.30 bits per heavy atom. The van der Waals surface area contributed by atoms with Crippen LogP contribution < -0.4 is 10.2 Å². The Morgan fingerprint density at radius 3 is 2.65 bits per heavy atom. The largest absolute Gasteiger partial charge is 0.488 e. The van der Waals surface area contributed by atoms with Crippen LogP contribution in [0.25, 0.3) is 0 Å². The van der Waals surface area contributed by atoms with E-state index in [4.69, 9.17) is 4.74 Å². The monoisotopic (exact) mass is 375 g/mol. The minimum Gasteiger partial charge on any atom is -0.488 e. The van der Waals surface area contributed by atoms with Gasteiger partial charge in [0.05, 0.1) is 21.3 Å². The molecule has 0 fully saturated rings. The van der Waals surface area contributed by atoms with Crippen LogP contribution in [0.4, 0.5) is 11.4 Å². The molecule has 0 spiro atoms. The lowest BCUT2D eigenvalue weighted by Crippen LogP contribution is -1.95. The summed E-state index contributed by atoms with van der Waals surface area (Å²) in [5.41, 5.74) is 4.39. The summed E-state index contributed by atoms with van der Waals surface area (Å²) in [5.74, 6) is 0.727. The molecule has 0 unspecified atom stereocenters. The highest BCUT2D eigenvalue weighted by Gasteiger charge is 2.03. The number of hydrogen-bond donors (Lipinski definition) is 1. The second-order valence-electron chi connectivity index (χ2n) is 4.46. The predicted octanol–water partition coefficient (Wildman–Crippen LogP) is 4.37. The Hall–Kier alpha value is -2.67.